The van der Waals surface area contributed by atoms with Crippen molar-refractivity contribution in [2.75, 3.05) is 7.05 Å². The lowest BCUT2D eigenvalue weighted by Gasteiger charge is -2.31. The van der Waals surface area contributed by atoms with Crippen LogP contribution in [0.1, 0.15) is 41.8 Å². The van der Waals surface area contributed by atoms with Crippen LogP contribution in [0.2, 0.25) is 0 Å². The largest absolute Gasteiger partial charge is 0.337 e. The van der Waals surface area contributed by atoms with Gasteiger partial charge in [-0.3, -0.25) is 9.35 Å². The summed E-state index contributed by atoms with van der Waals surface area (Å²) in [6.45, 7) is 1.50. The van der Waals surface area contributed by atoms with Crippen LogP contribution < -0.4 is 0 Å². The molecule has 0 unspecified atom stereocenters. The van der Waals surface area contributed by atoms with Crippen molar-refractivity contribution in [1.29, 1.82) is 0 Å². The van der Waals surface area contributed by atoms with E-state index in [1.807, 2.05) is 53.2 Å². The molecule has 0 radical (unpaired) electrons. The maximum absolute atomic E-state index is 13.9. The molecule has 0 bridgehead atoms. The van der Waals surface area contributed by atoms with Gasteiger partial charge in [-0.15, -0.1) is 22.7 Å². The Labute approximate surface area is 236 Å². The van der Waals surface area contributed by atoms with E-state index in [1.165, 1.54) is 18.3 Å². The number of carbonyl (C=O) groups excluding carboxylic acids is 2. The molecule has 2 aromatic heterocycles. The predicted molar refractivity (Wildman–Crippen MR) is 155 cm³/mol. The Morgan fingerprint density at radius 3 is 2.21 bits per heavy atom. The first-order chi connectivity index (χ1) is 18.6. The van der Waals surface area contributed by atoms with E-state index in [9.17, 15) is 18.0 Å². The summed E-state index contributed by atoms with van der Waals surface area (Å²) in [6.07, 6.45) is 1.05. The molecule has 2 atom stereocenters. The molecular formula is C29H30N2O5S3. The molecule has 0 saturated heterocycles. The fraction of sp³-hybridized carbons (Fsp3) is 0.276. The van der Waals surface area contributed by atoms with Crippen LogP contribution in [0.15, 0.2) is 77.5 Å². The number of likely N-dealkylation sites (N-methyl/N-ethyl adjacent to an activating group) is 1. The van der Waals surface area contributed by atoms with Crippen molar-refractivity contribution in [2.45, 2.75) is 38.0 Å². The standard InChI is InChI=1S/C29H30N2O5S3/c1-20(32)15-24(16-21-7-4-3-5-8-21)29(33)31(2)26(25-18-38-28(30-25)27-9-6-14-37-27)17-22-10-12-23(13-11-22)19-39(34,35)36/h3-14,18,24,26H,15-17,19H2,1-2H3,(H,34,35,36)/t24-,26-/m0/s1. The quantitative estimate of drug-likeness (QED) is 0.211. The Morgan fingerprint density at radius 2 is 1.59 bits per heavy atom. The number of amides is 1. The maximum atomic E-state index is 13.9. The first-order valence-corrected chi connectivity index (χ1v) is 15.8. The van der Waals surface area contributed by atoms with Crippen LogP contribution in [0.5, 0.6) is 0 Å². The summed E-state index contributed by atoms with van der Waals surface area (Å²) in [4.78, 5) is 33.6. The third kappa shape index (κ3) is 8.15. The van der Waals surface area contributed by atoms with Gasteiger partial charge in [0, 0.05) is 24.8 Å². The van der Waals surface area contributed by atoms with Crippen molar-refractivity contribution in [3.05, 3.63) is 99.9 Å². The molecule has 0 aliphatic heterocycles. The van der Waals surface area contributed by atoms with Gasteiger partial charge >= 0.3 is 0 Å². The van der Waals surface area contributed by atoms with Crippen LogP contribution >= 0.6 is 22.7 Å². The van der Waals surface area contributed by atoms with Crippen molar-refractivity contribution in [3.8, 4) is 9.88 Å². The molecule has 2 heterocycles. The van der Waals surface area contributed by atoms with Crippen molar-refractivity contribution < 1.29 is 22.6 Å². The average Bonchev–Trinajstić information content (AvgIpc) is 3.59. The van der Waals surface area contributed by atoms with Crippen molar-refractivity contribution in [3.63, 3.8) is 0 Å². The molecular weight excluding hydrogens is 553 g/mol. The number of nitrogens with zero attached hydrogens (tertiary/aromatic N) is 2. The molecule has 204 valence electrons. The Morgan fingerprint density at radius 1 is 0.923 bits per heavy atom. The van der Waals surface area contributed by atoms with Gasteiger partial charge in [0.25, 0.3) is 10.1 Å². The van der Waals surface area contributed by atoms with Crippen LogP contribution in [-0.4, -0.2) is 41.6 Å². The summed E-state index contributed by atoms with van der Waals surface area (Å²) in [7, 11) is -2.38. The number of carbonyl (C=O) groups is 2. The van der Waals surface area contributed by atoms with Crippen LogP contribution in [0.3, 0.4) is 0 Å². The summed E-state index contributed by atoms with van der Waals surface area (Å²) in [5.74, 6) is -1.15. The number of thiazole rings is 1. The lowest BCUT2D eigenvalue weighted by Crippen LogP contribution is -2.38. The molecule has 0 aliphatic carbocycles. The summed E-state index contributed by atoms with van der Waals surface area (Å²) >= 11 is 3.12. The van der Waals surface area contributed by atoms with Gasteiger partial charge in [-0.1, -0.05) is 60.7 Å². The zero-order valence-electron chi connectivity index (χ0n) is 21.7. The topological polar surface area (TPSA) is 105 Å². The third-order valence-corrected chi connectivity index (χ3v) is 9.02. The highest BCUT2D eigenvalue weighted by Crippen LogP contribution is 2.33. The molecule has 0 saturated carbocycles. The minimum atomic E-state index is -4.13. The highest BCUT2D eigenvalue weighted by atomic mass is 32.2. The Bertz CT molecular complexity index is 1500. The molecule has 0 spiro atoms. The van der Waals surface area contributed by atoms with E-state index < -0.39 is 27.8 Å². The third-order valence-electron chi connectivity index (χ3n) is 6.42. The van der Waals surface area contributed by atoms with Crippen LogP contribution in [0, 0.1) is 5.92 Å². The predicted octanol–water partition coefficient (Wildman–Crippen LogP) is 5.84. The number of ketones is 1. The molecule has 0 fully saturated rings. The van der Waals surface area contributed by atoms with Gasteiger partial charge in [-0.25, -0.2) is 4.98 Å². The number of hydrogen-bond donors (Lipinski definition) is 1. The van der Waals surface area contributed by atoms with E-state index in [1.54, 1.807) is 47.5 Å². The Hall–Kier alpha value is -3.18. The second-order valence-corrected chi connectivity index (χ2v) is 12.8. The highest BCUT2D eigenvalue weighted by Gasteiger charge is 2.31. The molecule has 2 aromatic carbocycles. The van der Waals surface area contributed by atoms with Crippen LogP contribution in [0.25, 0.3) is 9.88 Å². The first-order valence-electron chi connectivity index (χ1n) is 12.4. The van der Waals surface area contributed by atoms with E-state index in [4.69, 9.17) is 9.54 Å². The molecule has 10 heteroatoms. The van der Waals surface area contributed by atoms with E-state index in [0.717, 1.165) is 26.7 Å². The highest BCUT2D eigenvalue weighted by molar-refractivity contribution is 7.85. The molecule has 4 rings (SSSR count). The van der Waals surface area contributed by atoms with Crippen molar-refractivity contribution in [2.24, 2.45) is 5.92 Å². The zero-order valence-corrected chi connectivity index (χ0v) is 24.1. The molecule has 1 amide bonds. The summed E-state index contributed by atoms with van der Waals surface area (Å²) < 4.78 is 31.7. The monoisotopic (exact) mass is 582 g/mol. The van der Waals surface area contributed by atoms with Crippen LogP contribution in [0.4, 0.5) is 0 Å². The van der Waals surface area contributed by atoms with E-state index >= 15 is 0 Å². The van der Waals surface area contributed by atoms with Crippen molar-refractivity contribution >= 4 is 44.5 Å². The minimum absolute atomic E-state index is 0.0442. The van der Waals surface area contributed by atoms with Gasteiger partial charge in [0.15, 0.2) is 0 Å². The lowest BCUT2D eigenvalue weighted by atomic mass is 9.92. The Balaban J connectivity index is 1.63. The molecule has 7 nitrogen and oxygen atoms in total. The molecule has 1 N–H and O–H groups in total. The fourth-order valence-corrected chi connectivity index (χ4v) is 6.83. The molecule has 39 heavy (non-hydrogen) atoms. The number of rotatable bonds is 12. The first kappa shape index (κ1) is 28.8. The second kappa shape index (κ2) is 12.8. The fourth-order valence-electron chi connectivity index (χ4n) is 4.53. The molecule has 4 aromatic rings. The van der Waals surface area contributed by atoms with Gasteiger partial charge in [-0.05, 0) is 47.9 Å². The van der Waals surface area contributed by atoms with Gasteiger partial charge in [0.05, 0.1) is 16.6 Å². The number of aromatic nitrogens is 1. The normalized spacial score (nSPS) is 13.1. The summed E-state index contributed by atoms with van der Waals surface area (Å²) in [6, 6.07) is 20.2. The average molecular weight is 583 g/mol. The lowest BCUT2D eigenvalue weighted by molar-refractivity contribution is -0.138. The number of benzene rings is 2. The van der Waals surface area contributed by atoms with Crippen LogP contribution in [-0.2, 0) is 38.3 Å². The number of Topliss-reactive ketones (excluding diaryl/α,β-unsaturated/α-hetero) is 1. The van der Waals surface area contributed by atoms with Crippen molar-refractivity contribution in [1.82, 2.24) is 9.88 Å². The second-order valence-electron chi connectivity index (χ2n) is 9.56. The smallest absolute Gasteiger partial charge is 0.269 e. The van der Waals surface area contributed by atoms with Gasteiger partial charge in [0.2, 0.25) is 5.91 Å². The summed E-state index contributed by atoms with van der Waals surface area (Å²) in [5.41, 5.74) is 3.10. The SMILES string of the molecule is CC(=O)C[C@@H](Cc1ccccc1)C(=O)N(C)[C@@H](Cc1ccc(CS(=O)(=O)O)cc1)c1csc(-c2cccs2)n1. The number of hydrogen-bond acceptors (Lipinski definition) is 7. The van der Waals surface area contributed by atoms with Gasteiger partial charge in [-0.2, -0.15) is 8.42 Å². The van der Waals surface area contributed by atoms with E-state index in [0.29, 0.717) is 18.4 Å². The van der Waals surface area contributed by atoms with E-state index in [-0.39, 0.29) is 18.1 Å². The maximum Gasteiger partial charge on any atom is 0.269 e. The van der Waals surface area contributed by atoms with E-state index in [2.05, 4.69) is 0 Å². The summed E-state index contributed by atoms with van der Waals surface area (Å²) in [5, 5.41) is 4.83. The van der Waals surface area contributed by atoms with Gasteiger partial charge in [0.1, 0.15) is 16.5 Å². The van der Waals surface area contributed by atoms with Gasteiger partial charge < -0.3 is 9.69 Å². The zero-order chi connectivity index (χ0) is 28.0. The minimum Gasteiger partial charge on any atom is -0.337 e. The number of thiophene rings is 1. The molecule has 0 aliphatic rings. The Kier molecular flexibility index (Phi) is 9.45.